The third kappa shape index (κ3) is 4.70. The molecule has 0 radical (unpaired) electrons. The first-order valence-electron chi connectivity index (χ1n) is 8.28. The van der Waals surface area contributed by atoms with E-state index in [0.717, 1.165) is 18.1 Å². The van der Waals surface area contributed by atoms with Crippen molar-refractivity contribution in [2.75, 3.05) is 20.8 Å². The Labute approximate surface area is 134 Å². The lowest BCUT2D eigenvalue weighted by atomic mass is 9.77. The van der Waals surface area contributed by atoms with Crippen LogP contribution in [0.3, 0.4) is 0 Å². The van der Waals surface area contributed by atoms with E-state index in [1.807, 2.05) is 12.1 Å². The molecule has 1 aliphatic carbocycles. The molecule has 2 unspecified atom stereocenters. The average Bonchev–Trinajstić information content (AvgIpc) is 2.51. The summed E-state index contributed by atoms with van der Waals surface area (Å²) in [5, 5.41) is 2.15. The predicted octanol–water partition coefficient (Wildman–Crippen LogP) is 3.57. The van der Waals surface area contributed by atoms with Gasteiger partial charge in [0.05, 0.1) is 13.7 Å². The molecule has 0 aromatic heterocycles. The normalized spacial score (nSPS) is 25.4. The molecule has 2 atom stereocenters. The number of nitrogens with zero attached hydrogens (tertiary/aromatic N) is 1. The Bertz CT molecular complexity index is 449. The molecule has 0 amide bonds. The van der Waals surface area contributed by atoms with Gasteiger partial charge in [-0.15, -0.1) is 5.59 Å². The molecule has 0 saturated heterocycles. The quantitative estimate of drug-likeness (QED) is 0.617. The summed E-state index contributed by atoms with van der Waals surface area (Å²) in [7, 11) is 3.77. The van der Waals surface area contributed by atoms with Gasteiger partial charge in [-0.05, 0) is 49.8 Å². The molecule has 0 bridgehead atoms. The third-order valence-corrected chi connectivity index (χ3v) is 4.86. The van der Waals surface area contributed by atoms with Crippen molar-refractivity contribution < 1.29 is 9.57 Å². The van der Waals surface area contributed by atoms with Gasteiger partial charge >= 0.3 is 0 Å². The standard InChI is InChI=1S/C18H30N2O2/c1-15-6-5-12-18(2,14-15)20(3)19-22-13-11-16-7-9-17(21-4)10-8-16/h7-10,15,19H,5-6,11-14H2,1-4H3. The maximum absolute atomic E-state index is 5.65. The van der Waals surface area contributed by atoms with Crippen LogP contribution < -0.4 is 10.3 Å². The van der Waals surface area contributed by atoms with Gasteiger partial charge in [0, 0.05) is 12.6 Å². The number of hydrazine groups is 1. The minimum atomic E-state index is 0.192. The van der Waals surface area contributed by atoms with E-state index in [-0.39, 0.29) is 5.54 Å². The average molecular weight is 306 g/mol. The minimum absolute atomic E-state index is 0.192. The molecular weight excluding hydrogens is 276 g/mol. The van der Waals surface area contributed by atoms with Crippen LogP contribution in [0.5, 0.6) is 5.75 Å². The van der Waals surface area contributed by atoms with Crippen LogP contribution in [0.15, 0.2) is 24.3 Å². The van der Waals surface area contributed by atoms with Gasteiger partial charge in [0.15, 0.2) is 0 Å². The Morgan fingerprint density at radius 1 is 1.32 bits per heavy atom. The summed E-state index contributed by atoms with van der Waals surface area (Å²) in [4.78, 5) is 5.65. The van der Waals surface area contributed by atoms with Gasteiger partial charge < -0.3 is 4.74 Å². The van der Waals surface area contributed by atoms with E-state index in [4.69, 9.17) is 9.57 Å². The molecule has 1 saturated carbocycles. The molecule has 1 N–H and O–H groups in total. The fraction of sp³-hybridized carbons (Fsp3) is 0.667. The van der Waals surface area contributed by atoms with Crippen LogP contribution in [0.4, 0.5) is 0 Å². The van der Waals surface area contributed by atoms with Gasteiger partial charge in [-0.25, -0.2) is 5.01 Å². The first-order valence-corrected chi connectivity index (χ1v) is 8.28. The van der Waals surface area contributed by atoms with Crippen molar-refractivity contribution in [1.82, 2.24) is 10.6 Å². The van der Waals surface area contributed by atoms with Crippen molar-refractivity contribution in [3.8, 4) is 5.75 Å². The zero-order chi connectivity index (χ0) is 16.0. The van der Waals surface area contributed by atoms with Crippen molar-refractivity contribution in [1.29, 1.82) is 0 Å². The second kappa shape index (κ2) is 7.95. The zero-order valence-corrected chi connectivity index (χ0v) is 14.4. The highest BCUT2D eigenvalue weighted by molar-refractivity contribution is 5.27. The summed E-state index contributed by atoms with van der Waals surface area (Å²) >= 11 is 0. The highest BCUT2D eigenvalue weighted by Gasteiger charge is 2.34. The molecule has 1 fully saturated rings. The molecule has 1 aliphatic rings. The lowest BCUT2D eigenvalue weighted by molar-refractivity contribution is -0.127. The topological polar surface area (TPSA) is 33.7 Å². The third-order valence-electron chi connectivity index (χ3n) is 4.86. The fourth-order valence-electron chi connectivity index (χ4n) is 3.30. The van der Waals surface area contributed by atoms with Crippen molar-refractivity contribution in [2.24, 2.45) is 5.92 Å². The first kappa shape index (κ1) is 17.3. The molecule has 124 valence electrons. The SMILES string of the molecule is COc1ccc(CCONN(C)C2(C)CCCC(C)C2)cc1. The summed E-state index contributed by atoms with van der Waals surface area (Å²) in [6, 6.07) is 8.13. The lowest BCUT2D eigenvalue weighted by Gasteiger charge is -2.43. The summed E-state index contributed by atoms with van der Waals surface area (Å²) in [5.74, 6) is 1.68. The molecular formula is C18H30N2O2. The van der Waals surface area contributed by atoms with Gasteiger partial charge in [-0.3, -0.25) is 4.84 Å². The van der Waals surface area contributed by atoms with E-state index >= 15 is 0 Å². The van der Waals surface area contributed by atoms with Crippen LogP contribution in [0.2, 0.25) is 0 Å². The minimum Gasteiger partial charge on any atom is -0.497 e. The molecule has 0 heterocycles. The molecule has 4 nitrogen and oxygen atoms in total. The molecule has 0 aliphatic heterocycles. The zero-order valence-electron chi connectivity index (χ0n) is 14.4. The molecule has 4 heteroatoms. The van der Waals surface area contributed by atoms with Gasteiger partial charge in [-0.2, -0.15) is 0 Å². The number of benzene rings is 1. The summed E-state index contributed by atoms with van der Waals surface area (Å²) in [5.41, 5.74) is 4.56. The maximum atomic E-state index is 5.65. The largest absolute Gasteiger partial charge is 0.497 e. The van der Waals surface area contributed by atoms with Gasteiger partial charge in [0.1, 0.15) is 5.75 Å². The van der Waals surface area contributed by atoms with Gasteiger partial charge in [0.2, 0.25) is 0 Å². The molecule has 22 heavy (non-hydrogen) atoms. The molecule has 2 rings (SSSR count). The summed E-state index contributed by atoms with van der Waals surface area (Å²) in [6.45, 7) is 5.32. The summed E-state index contributed by atoms with van der Waals surface area (Å²) in [6.07, 6.45) is 5.98. The molecule has 0 spiro atoms. The Hall–Kier alpha value is -1.10. The second-order valence-corrected chi connectivity index (χ2v) is 6.80. The second-order valence-electron chi connectivity index (χ2n) is 6.80. The van der Waals surface area contributed by atoms with E-state index in [0.29, 0.717) is 6.61 Å². The van der Waals surface area contributed by atoms with Gasteiger partial charge in [-0.1, -0.05) is 31.9 Å². The van der Waals surface area contributed by atoms with E-state index < -0.39 is 0 Å². The monoisotopic (exact) mass is 306 g/mol. The number of ether oxygens (including phenoxy) is 1. The molecule has 1 aromatic carbocycles. The van der Waals surface area contributed by atoms with E-state index in [1.165, 1.54) is 31.2 Å². The predicted molar refractivity (Wildman–Crippen MR) is 89.6 cm³/mol. The van der Waals surface area contributed by atoms with Crippen LogP contribution in [0.1, 0.15) is 45.1 Å². The Kier molecular flexibility index (Phi) is 6.24. The van der Waals surface area contributed by atoms with E-state index in [2.05, 4.69) is 43.6 Å². The van der Waals surface area contributed by atoms with Crippen LogP contribution in [-0.2, 0) is 11.3 Å². The number of hydrogen-bond acceptors (Lipinski definition) is 4. The first-order chi connectivity index (χ1) is 10.5. The van der Waals surface area contributed by atoms with Crippen LogP contribution in [-0.4, -0.2) is 31.3 Å². The van der Waals surface area contributed by atoms with Crippen molar-refractivity contribution >= 4 is 0 Å². The Morgan fingerprint density at radius 2 is 2.05 bits per heavy atom. The highest BCUT2D eigenvalue weighted by atomic mass is 16.7. The Morgan fingerprint density at radius 3 is 2.68 bits per heavy atom. The fourth-order valence-corrected chi connectivity index (χ4v) is 3.30. The number of rotatable bonds is 7. The van der Waals surface area contributed by atoms with E-state index in [1.54, 1.807) is 7.11 Å². The smallest absolute Gasteiger partial charge is 0.118 e. The maximum Gasteiger partial charge on any atom is 0.118 e. The van der Waals surface area contributed by atoms with Crippen molar-refractivity contribution in [2.45, 2.75) is 51.5 Å². The summed E-state index contributed by atoms with van der Waals surface area (Å²) < 4.78 is 5.16. The number of methoxy groups -OCH3 is 1. The van der Waals surface area contributed by atoms with Gasteiger partial charge in [0.25, 0.3) is 0 Å². The van der Waals surface area contributed by atoms with Crippen LogP contribution in [0, 0.1) is 5.92 Å². The lowest BCUT2D eigenvalue weighted by Crippen LogP contribution is -2.53. The van der Waals surface area contributed by atoms with Crippen molar-refractivity contribution in [3.63, 3.8) is 0 Å². The van der Waals surface area contributed by atoms with Crippen LogP contribution in [0.25, 0.3) is 0 Å². The highest BCUT2D eigenvalue weighted by Crippen LogP contribution is 2.34. The van der Waals surface area contributed by atoms with E-state index in [9.17, 15) is 0 Å². The number of nitrogens with one attached hydrogen (secondary N) is 1. The Balaban J connectivity index is 1.71. The van der Waals surface area contributed by atoms with Crippen LogP contribution >= 0.6 is 0 Å². The molecule has 1 aromatic rings. The van der Waals surface area contributed by atoms with Crippen molar-refractivity contribution in [3.05, 3.63) is 29.8 Å². The number of hydrogen-bond donors (Lipinski definition) is 1.